The Morgan fingerprint density at radius 2 is 1.59 bits per heavy atom. The molecule has 154 valence electrons. The first-order chi connectivity index (χ1) is 14.3. The van der Waals surface area contributed by atoms with Crippen LogP contribution in [-0.4, -0.2) is 43.7 Å². The number of hydrogen-bond donors (Lipinski definition) is 1. The zero-order valence-electron chi connectivity index (χ0n) is 17.2. The first-order valence-electron chi connectivity index (χ1n) is 10.9. The molecule has 2 aromatic carbocycles. The third-order valence-corrected chi connectivity index (χ3v) is 6.61. The minimum absolute atomic E-state index is 0.179. The molecule has 29 heavy (non-hydrogen) atoms. The summed E-state index contributed by atoms with van der Waals surface area (Å²) in [7, 11) is 0. The molecule has 4 rings (SSSR count). The van der Waals surface area contributed by atoms with Crippen LogP contribution in [0.15, 0.2) is 60.7 Å². The van der Waals surface area contributed by atoms with Crippen molar-refractivity contribution in [3.63, 3.8) is 0 Å². The fraction of sp³-hybridized carbons (Fsp3) is 0.480. The van der Waals surface area contributed by atoms with Crippen molar-refractivity contribution in [2.45, 2.75) is 37.6 Å². The molecular formula is C25H32N2O2. The van der Waals surface area contributed by atoms with Crippen LogP contribution in [0.5, 0.6) is 0 Å². The molecule has 0 atom stereocenters. The van der Waals surface area contributed by atoms with Crippen LogP contribution in [0.2, 0.25) is 0 Å². The number of amides is 1. The second-order valence-electron chi connectivity index (χ2n) is 8.48. The van der Waals surface area contributed by atoms with Crippen molar-refractivity contribution in [3.05, 3.63) is 71.8 Å². The van der Waals surface area contributed by atoms with Gasteiger partial charge in [-0.2, -0.15) is 0 Å². The molecule has 0 spiro atoms. The molecular weight excluding hydrogens is 360 g/mol. The van der Waals surface area contributed by atoms with Gasteiger partial charge in [0.05, 0.1) is 5.41 Å². The maximum absolute atomic E-state index is 13.3. The lowest BCUT2D eigenvalue weighted by Gasteiger charge is -2.37. The fourth-order valence-corrected chi connectivity index (χ4v) is 4.72. The van der Waals surface area contributed by atoms with Gasteiger partial charge in [0, 0.05) is 26.3 Å². The van der Waals surface area contributed by atoms with Crippen LogP contribution in [0.4, 0.5) is 0 Å². The normalized spacial score (nSPS) is 20.3. The van der Waals surface area contributed by atoms with E-state index in [4.69, 9.17) is 4.74 Å². The quantitative estimate of drug-likeness (QED) is 0.814. The predicted octanol–water partition coefficient (Wildman–Crippen LogP) is 3.76. The van der Waals surface area contributed by atoms with Gasteiger partial charge in [-0.25, -0.2) is 0 Å². The molecule has 4 nitrogen and oxygen atoms in total. The summed E-state index contributed by atoms with van der Waals surface area (Å²) < 4.78 is 5.57. The predicted molar refractivity (Wildman–Crippen MR) is 116 cm³/mol. The van der Waals surface area contributed by atoms with Gasteiger partial charge < -0.3 is 10.1 Å². The highest BCUT2D eigenvalue weighted by atomic mass is 16.5. The molecule has 2 aromatic rings. The number of carbonyl (C=O) groups excluding carboxylic acids is 1. The standard InChI is InChI=1S/C25H32N2O2/c28-24(25(13-17-29-18-14-25)23-9-5-2-6-10-23)26-19-21-11-15-27(16-12-21)20-22-7-3-1-4-8-22/h1-10,21H,11-20H2,(H,26,28). The molecule has 2 aliphatic heterocycles. The summed E-state index contributed by atoms with van der Waals surface area (Å²) in [5, 5.41) is 3.31. The summed E-state index contributed by atoms with van der Waals surface area (Å²) in [5.41, 5.74) is 2.06. The Morgan fingerprint density at radius 1 is 0.966 bits per heavy atom. The van der Waals surface area contributed by atoms with E-state index in [1.54, 1.807) is 0 Å². The van der Waals surface area contributed by atoms with Gasteiger partial charge >= 0.3 is 0 Å². The van der Waals surface area contributed by atoms with E-state index in [1.165, 1.54) is 5.56 Å². The van der Waals surface area contributed by atoms with Gasteiger partial charge in [-0.3, -0.25) is 9.69 Å². The molecule has 2 fully saturated rings. The van der Waals surface area contributed by atoms with Crippen molar-refractivity contribution < 1.29 is 9.53 Å². The van der Waals surface area contributed by atoms with Crippen molar-refractivity contribution in [1.29, 1.82) is 0 Å². The molecule has 2 aliphatic rings. The second-order valence-corrected chi connectivity index (χ2v) is 8.48. The zero-order chi connectivity index (χ0) is 19.9. The summed E-state index contributed by atoms with van der Waals surface area (Å²) in [5.74, 6) is 0.748. The van der Waals surface area contributed by atoms with Crippen molar-refractivity contribution >= 4 is 5.91 Å². The average molecular weight is 393 g/mol. The van der Waals surface area contributed by atoms with Gasteiger partial charge in [0.25, 0.3) is 0 Å². The molecule has 0 radical (unpaired) electrons. The van der Waals surface area contributed by atoms with Crippen LogP contribution in [0.3, 0.4) is 0 Å². The van der Waals surface area contributed by atoms with Gasteiger partial charge in [0.2, 0.25) is 5.91 Å². The lowest BCUT2D eigenvalue weighted by Crippen LogP contribution is -2.49. The molecule has 1 amide bonds. The summed E-state index contributed by atoms with van der Waals surface area (Å²) in [6, 6.07) is 20.9. The molecule has 1 N–H and O–H groups in total. The lowest BCUT2D eigenvalue weighted by molar-refractivity contribution is -0.130. The van der Waals surface area contributed by atoms with Gasteiger partial charge in [0.1, 0.15) is 0 Å². The minimum atomic E-state index is -0.437. The van der Waals surface area contributed by atoms with E-state index in [9.17, 15) is 4.79 Å². The topological polar surface area (TPSA) is 41.6 Å². The Hall–Kier alpha value is -2.17. The summed E-state index contributed by atoms with van der Waals surface area (Å²) in [4.78, 5) is 15.8. The highest BCUT2D eigenvalue weighted by Crippen LogP contribution is 2.35. The van der Waals surface area contributed by atoms with E-state index < -0.39 is 5.41 Å². The van der Waals surface area contributed by atoms with Crippen molar-refractivity contribution in [3.8, 4) is 0 Å². The van der Waals surface area contributed by atoms with E-state index >= 15 is 0 Å². The molecule has 0 saturated carbocycles. The van der Waals surface area contributed by atoms with Crippen molar-refractivity contribution in [2.24, 2.45) is 5.92 Å². The van der Waals surface area contributed by atoms with E-state index in [-0.39, 0.29) is 5.91 Å². The Morgan fingerprint density at radius 3 is 2.24 bits per heavy atom. The summed E-state index contributed by atoms with van der Waals surface area (Å²) in [6.45, 7) is 5.32. The van der Waals surface area contributed by atoms with Crippen LogP contribution in [0, 0.1) is 5.92 Å². The van der Waals surface area contributed by atoms with Gasteiger partial charge in [0.15, 0.2) is 0 Å². The lowest BCUT2D eigenvalue weighted by atomic mass is 9.73. The maximum atomic E-state index is 13.3. The summed E-state index contributed by atoms with van der Waals surface area (Å²) >= 11 is 0. The van der Waals surface area contributed by atoms with Gasteiger partial charge in [-0.05, 0) is 55.8 Å². The molecule has 0 bridgehead atoms. The number of benzene rings is 2. The first-order valence-corrected chi connectivity index (χ1v) is 10.9. The average Bonchev–Trinajstić information content (AvgIpc) is 2.80. The number of ether oxygens (including phenoxy) is 1. The van der Waals surface area contributed by atoms with Gasteiger partial charge in [-0.1, -0.05) is 60.7 Å². The van der Waals surface area contributed by atoms with Crippen molar-refractivity contribution in [2.75, 3.05) is 32.8 Å². The SMILES string of the molecule is O=C(NCC1CCN(Cc2ccccc2)CC1)C1(c2ccccc2)CCOCC1. The highest BCUT2D eigenvalue weighted by molar-refractivity contribution is 5.88. The fourth-order valence-electron chi connectivity index (χ4n) is 4.72. The number of hydrogen-bond acceptors (Lipinski definition) is 3. The molecule has 0 aromatic heterocycles. The Bertz CT molecular complexity index is 764. The number of piperidine rings is 1. The summed E-state index contributed by atoms with van der Waals surface area (Å²) in [6.07, 6.45) is 3.82. The minimum Gasteiger partial charge on any atom is -0.381 e. The van der Waals surface area contributed by atoms with Crippen molar-refractivity contribution in [1.82, 2.24) is 10.2 Å². The molecule has 0 unspecified atom stereocenters. The number of likely N-dealkylation sites (tertiary alicyclic amines) is 1. The highest BCUT2D eigenvalue weighted by Gasteiger charge is 2.41. The van der Waals surface area contributed by atoms with Crippen LogP contribution >= 0.6 is 0 Å². The van der Waals surface area contributed by atoms with Crippen LogP contribution < -0.4 is 5.32 Å². The third-order valence-electron chi connectivity index (χ3n) is 6.61. The third kappa shape index (κ3) is 4.88. The monoisotopic (exact) mass is 392 g/mol. The number of nitrogens with zero attached hydrogens (tertiary/aromatic N) is 1. The first kappa shape index (κ1) is 20.1. The Balaban J connectivity index is 1.30. The Kier molecular flexibility index (Phi) is 6.63. The molecule has 0 aliphatic carbocycles. The van der Waals surface area contributed by atoms with Crippen LogP contribution in [-0.2, 0) is 21.5 Å². The zero-order valence-corrected chi connectivity index (χ0v) is 17.2. The molecule has 2 saturated heterocycles. The number of rotatable bonds is 6. The van der Waals surface area contributed by atoms with E-state index in [1.807, 2.05) is 18.2 Å². The van der Waals surface area contributed by atoms with E-state index in [0.29, 0.717) is 19.1 Å². The van der Waals surface area contributed by atoms with Crippen LogP contribution in [0.1, 0.15) is 36.8 Å². The Labute approximate surface area is 174 Å². The number of nitrogens with one attached hydrogen (secondary N) is 1. The smallest absolute Gasteiger partial charge is 0.230 e. The van der Waals surface area contributed by atoms with E-state index in [2.05, 4.69) is 52.7 Å². The second kappa shape index (κ2) is 9.55. The van der Waals surface area contributed by atoms with Crippen LogP contribution in [0.25, 0.3) is 0 Å². The van der Waals surface area contributed by atoms with E-state index in [0.717, 1.165) is 57.4 Å². The maximum Gasteiger partial charge on any atom is 0.230 e. The number of carbonyl (C=O) groups is 1. The van der Waals surface area contributed by atoms with Gasteiger partial charge in [-0.15, -0.1) is 0 Å². The largest absolute Gasteiger partial charge is 0.381 e. The molecule has 4 heteroatoms. The molecule has 2 heterocycles.